The van der Waals surface area contributed by atoms with Gasteiger partial charge in [0.25, 0.3) is 5.91 Å². The van der Waals surface area contributed by atoms with E-state index in [4.69, 9.17) is 0 Å². The number of aryl methyl sites for hydroxylation is 4. The smallest absolute Gasteiger partial charge is 0.274 e. The number of hydrogen-bond acceptors (Lipinski definition) is 3. The second kappa shape index (κ2) is 5.50. The number of aromatic nitrogens is 3. The normalized spacial score (nSPS) is 11.0. The zero-order chi connectivity index (χ0) is 16.7. The quantitative estimate of drug-likeness (QED) is 0.757. The molecule has 0 saturated heterocycles. The zero-order valence-electron chi connectivity index (χ0n) is 14.0. The Morgan fingerprint density at radius 2 is 1.65 bits per heavy atom. The van der Waals surface area contributed by atoms with Crippen molar-refractivity contribution in [1.82, 2.24) is 15.0 Å². The summed E-state index contributed by atoms with van der Waals surface area (Å²) in [4.78, 5) is 24.4. The fraction of sp³-hybridized carbons (Fsp3) is 0.278. The Bertz CT molecular complexity index is 901. The second-order valence-corrected chi connectivity index (χ2v) is 5.97. The van der Waals surface area contributed by atoms with Gasteiger partial charge in [-0.25, -0.2) is 9.97 Å². The predicted octanol–water partition coefficient (Wildman–Crippen LogP) is 3.75. The summed E-state index contributed by atoms with van der Waals surface area (Å²) in [5, 5.41) is 3.85. The highest BCUT2D eigenvalue weighted by Crippen LogP contribution is 2.23. The van der Waals surface area contributed by atoms with Crippen molar-refractivity contribution in [2.75, 3.05) is 5.32 Å². The Labute approximate surface area is 135 Å². The van der Waals surface area contributed by atoms with Crippen molar-refractivity contribution in [2.24, 2.45) is 0 Å². The molecule has 2 N–H and O–H groups in total. The number of nitrogens with zero attached hydrogens (tertiary/aromatic N) is 2. The lowest BCUT2D eigenvalue weighted by Gasteiger charge is -2.08. The highest BCUT2D eigenvalue weighted by atomic mass is 16.2. The number of aromatic amines is 1. The van der Waals surface area contributed by atoms with Gasteiger partial charge in [0, 0.05) is 22.3 Å². The molecule has 1 aromatic carbocycles. The number of H-pyrrole nitrogens is 1. The van der Waals surface area contributed by atoms with E-state index in [-0.39, 0.29) is 5.91 Å². The maximum Gasteiger partial charge on any atom is 0.274 e. The molecule has 3 aromatic rings. The maximum atomic E-state index is 12.6. The first-order valence-corrected chi connectivity index (χ1v) is 7.59. The largest absolute Gasteiger partial charge is 0.350 e. The van der Waals surface area contributed by atoms with E-state index in [0.717, 1.165) is 33.4 Å². The van der Waals surface area contributed by atoms with Crippen LogP contribution in [0.2, 0.25) is 0 Å². The molecule has 0 aliphatic heterocycles. The van der Waals surface area contributed by atoms with Crippen molar-refractivity contribution in [3.8, 4) is 0 Å². The first-order valence-electron chi connectivity index (χ1n) is 7.59. The molecule has 0 radical (unpaired) electrons. The van der Waals surface area contributed by atoms with Crippen LogP contribution >= 0.6 is 0 Å². The zero-order valence-corrected chi connectivity index (χ0v) is 14.0. The first kappa shape index (κ1) is 15.2. The number of fused-ring (bicyclic) bond motifs is 1. The fourth-order valence-corrected chi connectivity index (χ4v) is 2.66. The van der Waals surface area contributed by atoms with Crippen LogP contribution in [0.1, 0.15) is 38.6 Å². The number of benzene rings is 1. The average Bonchev–Trinajstić information content (AvgIpc) is 2.82. The maximum absolute atomic E-state index is 12.6. The molecular weight excluding hydrogens is 288 g/mol. The molecule has 0 atom stereocenters. The summed E-state index contributed by atoms with van der Waals surface area (Å²) in [6.07, 6.45) is 0. The molecule has 0 saturated carbocycles. The van der Waals surface area contributed by atoms with Crippen LogP contribution in [0.5, 0.6) is 0 Å². The van der Waals surface area contributed by atoms with Crippen LogP contribution in [-0.4, -0.2) is 20.9 Å². The van der Waals surface area contributed by atoms with Gasteiger partial charge in [0.05, 0.1) is 0 Å². The van der Waals surface area contributed by atoms with Crippen molar-refractivity contribution in [3.63, 3.8) is 0 Å². The molecular formula is C18H20N4O. The van der Waals surface area contributed by atoms with E-state index in [1.807, 2.05) is 46.8 Å². The summed E-state index contributed by atoms with van der Waals surface area (Å²) in [6.45, 7) is 9.78. The summed E-state index contributed by atoms with van der Waals surface area (Å²) >= 11 is 0. The van der Waals surface area contributed by atoms with Gasteiger partial charge in [-0.1, -0.05) is 11.6 Å². The number of carbonyl (C=O) groups is 1. The number of rotatable bonds is 2. The van der Waals surface area contributed by atoms with E-state index in [0.29, 0.717) is 11.6 Å². The second-order valence-electron chi connectivity index (χ2n) is 5.97. The van der Waals surface area contributed by atoms with Crippen LogP contribution < -0.4 is 5.32 Å². The number of hydrogen-bond donors (Lipinski definition) is 2. The van der Waals surface area contributed by atoms with Crippen LogP contribution in [-0.2, 0) is 0 Å². The molecule has 0 fully saturated rings. The summed E-state index contributed by atoms with van der Waals surface area (Å²) in [5.41, 5.74) is 6.39. The van der Waals surface area contributed by atoms with Crippen molar-refractivity contribution in [1.29, 1.82) is 0 Å². The number of carbonyl (C=O) groups excluding carboxylic acids is 1. The van der Waals surface area contributed by atoms with Crippen molar-refractivity contribution < 1.29 is 4.79 Å². The molecule has 5 nitrogen and oxygen atoms in total. The number of amides is 1. The fourth-order valence-electron chi connectivity index (χ4n) is 2.66. The Morgan fingerprint density at radius 1 is 1.00 bits per heavy atom. The van der Waals surface area contributed by atoms with Gasteiger partial charge >= 0.3 is 0 Å². The van der Waals surface area contributed by atoms with Crippen molar-refractivity contribution in [2.45, 2.75) is 34.6 Å². The van der Waals surface area contributed by atoms with Gasteiger partial charge in [-0.3, -0.25) is 10.1 Å². The highest BCUT2D eigenvalue weighted by Gasteiger charge is 2.16. The van der Waals surface area contributed by atoms with Gasteiger partial charge in [-0.15, -0.1) is 0 Å². The Kier molecular flexibility index (Phi) is 3.64. The van der Waals surface area contributed by atoms with Crippen LogP contribution in [0.4, 0.5) is 5.95 Å². The minimum absolute atomic E-state index is 0.223. The molecule has 2 aromatic heterocycles. The van der Waals surface area contributed by atoms with Gasteiger partial charge < -0.3 is 4.98 Å². The van der Waals surface area contributed by atoms with E-state index in [1.54, 1.807) is 0 Å². The van der Waals surface area contributed by atoms with Crippen LogP contribution in [0.3, 0.4) is 0 Å². The highest BCUT2D eigenvalue weighted by molar-refractivity contribution is 6.07. The minimum atomic E-state index is -0.223. The average molecular weight is 308 g/mol. The standard InChI is InChI=1S/C18H20N4O/c1-9-6-7-15-14(8-9)11(3)16(21-15)17(23)22-18-19-12(4)10(2)13(5)20-18/h6-8,21H,1-5H3,(H,19,20,22,23). The molecule has 5 heteroatoms. The monoisotopic (exact) mass is 308 g/mol. The molecule has 0 unspecified atom stereocenters. The van der Waals surface area contributed by atoms with E-state index in [9.17, 15) is 4.79 Å². The SMILES string of the molecule is Cc1ccc2[nH]c(C(=O)Nc3nc(C)c(C)c(C)n3)c(C)c2c1. The van der Waals surface area contributed by atoms with E-state index in [2.05, 4.69) is 26.3 Å². The summed E-state index contributed by atoms with van der Waals surface area (Å²) in [7, 11) is 0. The molecule has 3 rings (SSSR count). The third-order valence-electron chi connectivity index (χ3n) is 4.30. The van der Waals surface area contributed by atoms with Crippen LogP contribution in [0.25, 0.3) is 10.9 Å². The summed E-state index contributed by atoms with van der Waals surface area (Å²) in [6, 6.07) is 6.09. The molecule has 1 amide bonds. The van der Waals surface area contributed by atoms with Gasteiger partial charge in [0.2, 0.25) is 5.95 Å². The Hall–Kier alpha value is -2.69. The van der Waals surface area contributed by atoms with Crippen LogP contribution in [0.15, 0.2) is 18.2 Å². The number of anilines is 1. The predicted molar refractivity (Wildman–Crippen MR) is 92.0 cm³/mol. The molecule has 0 spiro atoms. The van der Waals surface area contributed by atoms with E-state index < -0.39 is 0 Å². The van der Waals surface area contributed by atoms with Gasteiger partial charge in [0.1, 0.15) is 5.69 Å². The van der Waals surface area contributed by atoms with E-state index >= 15 is 0 Å². The van der Waals surface area contributed by atoms with Crippen molar-refractivity contribution in [3.05, 3.63) is 52.0 Å². The first-order chi connectivity index (χ1) is 10.9. The topological polar surface area (TPSA) is 70.7 Å². The van der Waals surface area contributed by atoms with Crippen molar-refractivity contribution >= 4 is 22.8 Å². The van der Waals surface area contributed by atoms with Gasteiger partial charge in [-0.05, 0) is 57.9 Å². The summed E-state index contributed by atoms with van der Waals surface area (Å²) < 4.78 is 0. The molecule has 0 aliphatic carbocycles. The number of nitrogens with one attached hydrogen (secondary N) is 2. The third-order valence-corrected chi connectivity index (χ3v) is 4.30. The Morgan fingerprint density at radius 3 is 2.30 bits per heavy atom. The molecule has 2 heterocycles. The molecule has 23 heavy (non-hydrogen) atoms. The molecule has 0 bridgehead atoms. The molecule has 118 valence electrons. The van der Waals surface area contributed by atoms with Crippen LogP contribution in [0, 0.1) is 34.6 Å². The summed E-state index contributed by atoms with van der Waals surface area (Å²) in [5.74, 6) is 0.115. The lowest BCUT2D eigenvalue weighted by Crippen LogP contribution is -2.16. The third kappa shape index (κ3) is 2.70. The van der Waals surface area contributed by atoms with Gasteiger partial charge in [-0.2, -0.15) is 0 Å². The lowest BCUT2D eigenvalue weighted by molar-refractivity contribution is 0.102. The van der Waals surface area contributed by atoms with E-state index in [1.165, 1.54) is 5.56 Å². The minimum Gasteiger partial charge on any atom is -0.350 e. The van der Waals surface area contributed by atoms with Gasteiger partial charge in [0.15, 0.2) is 0 Å². The molecule has 0 aliphatic rings. The lowest BCUT2D eigenvalue weighted by atomic mass is 10.1. The Balaban J connectivity index is 1.96.